The Kier molecular flexibility index (Phi) is 6.84. The fourth-order valence-corrected chi connectivity index (χ4v) is 5.28. The van der Waals surface area contributed by atoms with Gasteiger partial charge in [-0.15, -0.1) is 0 Å². The van der Waals surface area contributed by atoms with Crippen LogP contribution in [0.1, 0.15) is 46.8 Å². The molecule has 0 N–H and O–H groups in total. The number of rotatable bonds is 4. The average Bonchev–Trinajstić information content (AvgIpc) is 3.26. The molecule has 36 heavy (non-hydrogen) atoms. The summed E-state index contributed by atoms with van der Waals surface area (Å²) in [5.74, 6) is -0.452. The molecule has 1 heterocycles. The van der Waals surface area contributed by atoms with Gasteiger partial charge in [-0.2, -0.15) is 5.10 Å². The van der Waals surface area contributed by atoms with Crippen molar-refractivity contribution in [3.63, 3.8) is 0 Å². The number of amides is 1. The SMILES string of the molecule is O=C(c1ccc(Cl)c([N+](=O)[O-])c1)N1N=C2/C(=C\c3ccc(Cl)cc3)CCC[C@H]2[C@@H]1c1ccc(Cl)cc1. The van der Waals surface area contributed by atoms with Gasteiger partial charge in [0.1, 0.15) is 5.02 Å². The standard InChI is InChI=1S/C27H20Cl3N3O3/c28-20-9-4-16(5-10-20)14-18-2-1-3-22-25(18)31-32(26(22)17-6-11-21(29)12-7-17)27(34)19-8-13-23(30)24(15-19)33(35)36/h4-15,22,26H,1-3H2/b18-14-/t22-,26+/m1/s1. The van der Waals surface area contributed by atoms with Crippen molar-refractivity contribution < 1.29 is 9.72 Å². The van der Waals surface area contributed by atoms with Gasteiger partial charge in [0.05, 0.1) is 16.7 Å². The molecule has 0 saturated heterocycles. The summed E-state index contributed by atoms with van der Waals surface area (Å²) in [5.41, 5.74) is 3.64. The minimum atomic E-state index is -0.599. The molecule has 9 heteroatoms. The Morgan fingerprint density at radius 1 is 1.00 bits per heavy atom. The molecule has 2 aliphatic rings. The van der Waals surface area contributed by atoms with Crippen LogP contribution in [-0.4, -0.2) is 21.6 Å². The van der Waals surface area contributed by atoms with Crippen LogP contribution in [0.3, 0.4) is 0 Å². The molecular formula is C27H20Cl3N3O3. The predicted molar refractivity (Wildman–Crippen MR) is 143 cm³/mol. The summed E-state index contributed by atoms with van der Waals surface area (Å²) in [6, 6.07) is 18.6. The molecule has 182 valence electrons. The molecule has 3 aromatic carbocycles. The van der Waals surface area contributed by atoms with Crippen molar-refractivity contribution in [2.75, 3.05) is 0 Å². The Labute approximate surface area is 222 Å². The third kappa shape index (κ3) is 4.76. The minimum absolute atomic E-state index is 0.0234. The molecule has 0 bridgehead atoms. The maximum atomic E-state index is 13.7. The van der Waals surface area contributed by atoms with Gasteiger partial charge < -0.3 is 0 Å². The highest BCUT2D eigenvalue weighted by Crippen LogP contribution is 2.45. The molecule has 1 saturated carbocycles. The smallest absolute Gasteiger partial charge is 0.267 e. The molecule has 2 atom stereocenters. The number of benzene rings is 3. The van der Waals surface area contributed by atoms with Gasteiger partial charge in [0.2, 0.25) is 0 Å². The summed E-state index contributed by atoms with van der Waals surface area (Å²) >= 11 is 18.2. The van der Waals surface area contributed by atoms with E-state index in [2.05, 4.69) is 6.08 Å². The van der Waals surface area contributed by atoms with Crippen LogP contribution in [0.15, 0.2) is 77.4 Å². The fraction of sp³-hybridized carbons (Fsp3) is 0.185. The Morgan fingerprint density at radius 3 is 2.33 bits per heavy atom. The zero-order chi connectivity index (χ0) is 25.4. The summed E-state index contributed by atoms with van der Waals surface area (Å²) < 4.78 is 0. The van der Waals surface area contributed by atoms with Crippen LogP contribution in [0.25, 0.3) is 6.08 Å². The molecule has 5 rings (SSSR count). The number of hydrogen-bond donors (Lipinski definition) is 0. The summed E-state index contributed by atoms with van der Waals surface area (Å²) in [6.45, 7) is 0. The third-order valence-electron chi connectivity index (χ3n) is 6.52. The maximum absolute atomic E-state index is 13.7. The lowest BCUT2D eigenvalue weighted by Crippen LogP contribution is -2.32. The first-order valence-corrected chi connectivity index (χ1v) is 12.5. The maximum Gasteiger partial charge on any atom is 0.288 e. The number of nitro groups is 1. The fourth-order valence-electron chi connectivity index (χ4n) is 4.84. The van der Waals surface area contributed by atoms with Crippen molar-refractivity contribution in [3.8, 4) is 0 Å². The number of carbonyl (C=O) groups is 1. The predicted octanol–water partition coefficient (Wildman–Crippen LogP) is 7.99. The molecule has 0 spiro atoms. The molecule has 1 aliphatic heterocycles. The van der Waals surface area contributed by atoms with Crippen molar-refractivity contribution >= 4 is 58.2 Å². The van der Waals surface area contributed by atoms with Gasteiger partial charge in [-0.25, -0.2) is 5.01 Å². The zero-order valence-electron chi connectivity index (χ0n) is 18.9. The van der Waals surface area contributed by atoms with E-state index in [1.807, 2.05) is 36.4 Å². The lowest BCUT2D eigenvalue weighted by molar-refractivity contribution is -0.384. The number of nitro benzene ring substituents is 1. The Bertz CT molecular complexity index is 1400. The highest BCUT2D eigenvalue weighted by atomic mass is 35.5. The van der Waals surface area contributed by atoms with E-state index >= 15 is 0 Å². The van der Waals surface area contributed by atoms with E-state index in [0.29, 0.717) is 10.0 Å². The van der Waals surface area contributed by atoms with Crippen molar-refractivity contribution in [2.45, 2.75) is 25.3 Å². The average molecular weight is 541 g/mol. The number of nitrogens with zero attached hydrogens (tertiary/aromatic N) is 3. The number of hydrogen-bond acceptors (Lipinski definition) is 4. The number of halogens is 3. The monoisotopic (exact) mass is 539 g/mol. The van der Waals surface area contributed by atoms with Crippen LogP contribution in [0, 0.1) is 16.0 Å². The van der Waals surface area contributed by atoms with Crippen molar-refractivity contribution in [2.24, 2.45) is 11.0 Å². The summed E-state index contributed by atoms with van der Waals surface area (Å²) in [5, 5.41) is 18.9. The number of fused-ring (bicyclic) bond motifs is 1. The first-order valence-electron chi connectivity index (χ1n) is 11.4. The van der Waals surface area contributed by atoms with E-state index in [1.54, 1.807) is 12.1 Å². The first kappa shape index (κ1) is 24.5. The Balaban J connectivity index is 1.59. The van der Waals surface area contributed by atoms with Gasteiger partial charge in [0, 0.05) is 27.6 Å². The number of allylic oxidation sites excluding steroid dienone is 1. The van der Waals surface area contributed by atoms with E-state index in [1.165, 1.54) is 23.2 Å². The van der Waals surface area contributed by atoms with Gasteiger partial charge >= 0.3 is 0 Å². The number of carbonyl (C=O) groups excluding carboxylic acids is 1. The second kappa shape index (κ2) is 10.1. The van der Waals surface area contributed by atoms with Gasteiger partial charge in [0.25, 0.3) is 11.6 Å². The highest BCUT2D eigenvalue weighted by molar-refractivity contribution is 6.32. The van der Waals surface area contributed by atoms with E-state index in [0.717, 1.165) is 41.7 Å². The summed E-state index contributed by atoms with van der Waals surface area (Å²) in [4.78, 5) is 24.5. The van der Waals surface area contributed by atoms with Gasteiger partial charge in [-0.3, -0.25) is 14.9 Å². The van der Waals surface area contributed by atoms with Gasteiger partial charge in [0.15, 0.2) is 0 Å². The highest BCUT2D eigenvalue weighted by Gasteiger charge is 2.44. The largest absolute Gasteiger partial charge is 0.288 e. The van der Waals surface area contributed by atoms with Crippen molar-refractivity contribution in [1.82, 2.24) is 5.01 Å². The summed E-state index contributed by atoms with van der Waals surface area (Å²) in [6.07, 6.45) is 4.72. The van der Waals surface area contributed by atoms with Crippen LogP contribution in [0.2, 0.25) is 15.1 Å². The minimum Gasteiger partial charge on any atom is -0.267 e. The van der Waals surface area contributed by atoms with Crippen LogP contribution in [-0.2, 0) is 0 Å². The van der Waals surface area contributed by atoms with Crippen molar-refractivity contribution in [1.29, 1.82) is 0 Å². The van der Waals surface area contributed by atoms with Crippen LogP contribution in [0.4, 0.5) is 5.69 Å². The van der Waals surface area contributed by atoms with E-state index in [-0.39, 0.29) is 28.2 Å². The van der Waals surface area contributed by atoms with E-state index in [9.17, 15) is 14.9 Å². The van der Waals surface area contributed by atoms with Crippen LogP contribution < -0.4 is 0 Å². The molecular weight excluding hydrogens is 521 g/mol. The second-order valence-electron chi connectivity index (χ2n) is 8.77. The van der Waals surface area contributed by atoms with E-state index in [4.69, 9.17) is 39.9 Å². The Morgan fingerprint density at radius 2 is 1.67 bits per heavy atom. The van der Waals surface area contributed by atoms with Crippen LogP contribution in [0.5, 0.6) is 0 Å². The molecule has 0 aromatic heterocycles. The molecule has 3 aromatic rings. The molecule has 0 unspecified atom stereocenters. The molecule has 6 nitrogen and oxygen atoms in total. The number of hydrazone groups is 1. The molecule has 1 aliphatic carbocycles. The topological polar surface area (TPSA) is 75.8 Å². The Hall–Kier alpha value is -3.19. The quantitative estimate of drug-likeness (QED) is 0.248. The summed E-state index contributed by atoms with van der Waals surface area (Å²) in [7, 11) is 0. The zero-order valence-corrected chi connectivity index (χ0v) is 21.2. The normalized spacial score (nSPS) is 20.2. The lowest BCUT2D eigenvalue weighted by atomic mass is 9.77. The third-order valence-corrected chi connectivity index (χ3v) is 7.35. The molecule has 1 amide bonds. The van der Waals surface area contributed by atoms with E-state index < -0.39 is 10.8 Å². The molecule has 1 fully saturated rings. The van der Waals surface area contributed by atoms with Crippen molar-refractivity contribution in [3.05, 3.63) is 114 Å². The molecule has 0 radical (unpaired) electrons. The first-order chi connectivity index (χ1) is 17.3. The second-order valence-corrected chi connectivity index (χ2v) is 10.1. The van der Waals surface area contributed by atoms with Gasteiger partial charge in [-0.1, -0.05) is 59.1 Å². The van der Waals surface area contributed by atoms with Gasteiger partial charge in [-0.05, 0) is 78.4 Å². The van der Waals surface area contributed by atoms with Crippen LogP contribution >= 0.6 is 34.8 Å². The lowest BCUT2D eigenvalue weighted by Gasteiger charge is -2.29.